The van der Waals surface area contributed by atoms with Crippen molar-refractivity contribution in [1.29, 1.82) is 0 Å². The van der Waals surface area contributed by atoms with Crippen molar-refractivity contribution in [2.45, 2.75) is 51.0 Å². The first-order valence-corrected chi connectivity index (χ1v) is 7.34. The maximum atomic E-state index is 12.3. The number of aliphatic carboxylic acids is 1. The van der Waals surface area contributed by atoms with E-state index in [2.05, 4.69) is 5.32 Å². The predicted octanol–water partition coefficient (Wildman–Crippen LogP) is 1.23. The maximum absolute atomic E-state index is 12.3. The molecule has 2 N–H and O–H groups in total. The highest BCUT2D eigenvalue weighted by Crippen LogP contribution is 2.33. The van der Waals surface area contributed by atoms with Crippen LogP contribution in [-0.2, 0) is 9.59 Å². The van der Waals surface area contributed by atoms with Crippen LogP contribution in [0.5, 0.6) is 0 Å². The van der Waals surface area contributed by atoms with E-state index in [9.17, 15) is 14.7 Å². The van der Waals surface area contributed by atoms with Gasteiger partial charge < -0.3 is 15.3 Å². The smallest absolute Gasteiger partial charge is 0.329 e. The molecule has 19 heavy (non-hydrogen) atoms. The van der Waals surface area contributed by atoms with Crippen LogP contribution in [0.2, 0.25) is 0 Å². The minimum Gasteiger partial charge on any atom is -0.479 e. The molecule has 108 valence electrons. The van der Waals surface area contributed by atoms with Gasteiger partial charge in [0.25, 0.3) is 0 Å². The summed E-state index contributed by atoms with van der Waals surface area (Å²) in [6, 6.07) is 0. The molecule has 0 aromatic heterocycles. The third-order valence-electron chi connectivity index (χ3n) is 4.70. The molecule has 2 unspecified atom stereocenters. The van der Waals surface area contributed by atoms with Gasteiger partial charge >= 0.3 is 5.97 Å². The average Bonchev–Trinajstić information content (AvgIpc) is 3.05. The number of rotatable bonds is 5. The molecule has 0 aromatic carbocycles. The van der Waals surface area contributed by atoms with Gasteiger partial charge in [-0.1, -0.05) is 6.92 Å². The SMILES string of the molecule is CCC1(C(=O)O)CCCN1C(=O)CCC1CCNC1. The number of likely N-dealkylation sites (tertiary alicyclic amines) is 1. The molecule has 2 saturated heterocycles. The summed E-state index contributed by atoms with van der Waals surface area (Å²) in [6.45, 7) is 4.49. The lowest BCUT2D eigenvalue weighted by molar-refractivity contribution is -0.157. The highest BCUT2D eigenvalue weighted by atomic mass is 16.4. The fourth-order valence-electron chi connectivity index (χ4n) is 3.41. The summed E-state index contributed by atoms with van der Waals surface area (Å²) in [7, 11) is 0. The third-order valence-corrected chi connectivity index (χ3v) is 4.70. The highest BCUT2D eigenvalue weighted by molar-refractivity contribution is 5.87. The molecule has 0 aromatic rings. The number of hydrogen-bond acceptors (Lipinski definition) is 3. The van der Waals surface area contributed by atoms with E-state index in [1.807, 2.05) is 6.92 Å². The van der Waals surface area contributed by atoms with Crippen molar-refractivity contribution in [3.05, 3.63) is 0 Å². The Morgan fingerprint density at radius 3 is 2.84 bits per heavy atom. The zero-order valence-electron chi connectivity index (χ0n) is 11.7. The molecule has 0 spiro atoms. The van der Waals surface area contributed by atoms with Gasteiger partial charge in [0.2, 0.25) is 5.91 Å². The Morgan fingerprint density at radius 2 is 2.26 bits per heavy atom. The monoisotopic (exact) mass is 268 g/mol. The van der Waals surface area contributed by atoms with Crippen LogP contribution in [0.3, 0.4) is 0 Å². The summed E-state index contributed by atoms with van der Waals surface area (Å²) < 4.78 is 0. The standard InChI is InChI=1S/C14H24N2O3/c1-2-14(13(18)19)7-3-9-16(14)12(17)5-4-11-6-8-15-10-11/h11,15H,2-10H2,1H3,(H,18,19). The molecule has 0 radical (unpaired) electrons. The lowest BCUT2D eigenvalue weighted by Crippen LogP contribution is -2.52. The molecular formula is C14H24N2O3. The number of nitrogens with one attached hydrogen (secondary N) is 1. The Kier molecular flexibility index (Phi) is 4.45. The molecule has 5 heteroatoms. The van der Waals surface area contributed by atoms with E-state index in [1.165, 1.54) is 0 Å². The zero-order valence-corrected chi connectivity index (χ0v) is 11.7. The number of amides is 1. The van der Waals surface area contributed by atoms with Crippen molar-refractivity contribution in [2.24, 2.45) is 5.92 Å². The number of carbonyl (C=O) groups excluding carboxylic acids is 1. The van der Waals surface area contributed by atoms with Gasteiger partial charge in [-0.25, -0.2) is 4.79 Å². The van der Waals surface area contributed by atoms with Crippen molar-refractivity contribution < 1.29 is 14.7 Å². The van der Waals surface area contributed by atoms with E-state index in [0.29, 0.717) is 31.7 Å². The molecule has 2 fully saturated rings. The van der Waals surface area contributed by atoms with E-state index >= 15 is 0 Å². The second-order valence-electron chi connectivity index (χ2n) is 5.74. The average molecular weight is 268 g/mol. The van der Waals surface area contributed by atoms with E-state index in [-0.39, 0.29) is 5.91 Å². The Morgan fingerprint density at radius 1 is 1.47 bits per heavy atom. The fraction of sp³-hybridized carbons (Fsp3) is 0.857. The van der Waals surface area contributed by atoms with Crippen molar-refractivity contribution in [2.75, 3.05) is 19.6 Å². The number of hydrogen-bond donors (Lipinski definition) is 2. The van der Waals surface area contributed by atoms with Crippen molar-refractivity contribution in [3.8, 4) is 0 Å². The largest absolute Gasteiger partial charge is 0.479 e. The minimum atomic E-state index is -0.939. The topological polar surface area (TPSA) is 69.6 Å². The quantitative estimate of drug-likeness (QED) is 0.787. The molecule has 2 aliphatic rings. The third kappa shape index (κ3) is 2.76. The number of carbonyl (C=O) groups is 2. The van der Waals surface area contributed by atoms with Crippen molar-refractivity contribution >= 4 is 11.9 Å². The Bertz CT molecular complexity index is 353. The molecule has 2 rings (SSSR count). The Labute approximate surface area is 114 Å². The summed E-state index contributed by atoms with van der Waals surface area (Å²) in [5.41, 5.74) is -0.939. The molecule has 5 nitrogen and oxygen atoms in total. The van der Waals surface area contributed by atoms with Crippen LogP contribution < -0.4 is 5.32 Å². The van der Waals surface area contributed by atoms with Crippen LogP contribution in [0, 0.1) is 5.92 Å². The van der Waals surface area contributed by atoms with Crippen LogP contribution >= 0.6 is 0 Å². The molecule has 2 heterocycles. The first-order valence-electron chi connectivity index (χ1n) is 7.34. The van der Waals surface area contributed by atoms with Gasteiger partial charge in [0.1, 0.15) is 5.54 Å². The molecule has 2 aliphatic heterocycles. The van der Waals surface area contributed by atoms with E-state index in [0.717, 1.165) is 32.4 Å². The van der Waals surface area contributed by atoms with Gasteiger partial charge in [-0.15, -0.1) is 0 Å². The summed E-state index contributed by atoms with van der Waals surface area (Å²) >= 11 is 0. The maximum Gasteiger partial charge on any atom is 0.329 e. The second-order valence-corrected chi connectivity index (χ2v) is 5.74. The zero-order chi connectivity index (χ0) is 13.9. The molecule has 0 aliphatic carbocycles. The Hall–Kier alpha value is -1.10. The van der Waals surface area contributed by atoms with Crippen LogP contribution in [-0.4, -0.2) is 47.1 Å². The summed E-state index contributed by atoms with van der Waals surface area (Å²) in [4.78, 5) is 25.5. The fourth-order valence-corrected chi connectivity index (χ4v) is 3.41. The molecule has 0 saturated carbocycles. The van der Waals surface area contributed by atoms with Gasteiger partial charge in [0.15, 0.2) is 0 Å². The first-order chi connectivity index (χ1) is 9.10. The van der Waals surface area contributed by atoms with Crippen LogP contribution in [0.1, 0.15) is 45.4 Å². The number of nitrogens with zero attached hydrogens (tertiary/aromatic N) is 1. The predicted molar refractivity (Wildman–Crippen MR) is 71.8 cm³/mol. The number of carboxylic acids is 1. The van der Waals surface area contributed by atoms with Crippen LogP contribution in [0.15, 0.2) is 0 Å². The van der Waals surface area contributed by atoms with Gasteiger partial charge in [-0.05, 0) is 51.1 Å². The van der Waals surface area contributed by atoms with Gasteiger partial charge in [-0.3, -0.25) is 4.79 Å². The van der Waals surface area contributed by atoms with Crippen molar-refractivity contribution in [1.82, 2.24) is 10.2 Å². The van der Waals surface area contributed by atoms with Crippen LogP contribution in [0.25, 0.3) is 0 Å². The molecule has 0 bridgehead atoms. The van der Waals surface area contributed by atoms with E-state index < -0.39 is 11.5 Å². The molecular weight excluding hydrogens is 244 g/mol. The highest BCUT2D eigenvalue weighted by Gasteiger charge is 2.48. The van der Waals surface area contributed by atoms with Crippen LogP contribution in [0.4, 0.5) is 0 Å². The molecule has 1 amide bonds. The lowest BCUT2D eigenvalue weighted by atomic mass is 9.92. The second kappa shape index (κ2) is 5.90. The first kappa shape index (κ1) is 14.3. The van der Waals surface area contributed by atoms with Gasteiger partial charge in [-0.2, -0.15) is 0 Å². The number of carboxylic acid groups (broad SMARTS) is 1. The summed E-state index contributed by atoms with van der Waals surface area (Å²) in [5, 5.41) is 12.8. The molecule has 2 atom stereocenters. The van der Waals surface area contributed by atoms with E-state index in [4.69, 9.17) is 0 Å². The van der Waals surface area contributed by atoms with E-state index in [1.54, 1.807) is 4.90 Å². The van der Waals surface area contributed by atoms with Gasteiger partial charge in [0, 0.05) is 13.0 Å². The van der Waals surface area contributed by atoms with Crippen molar-refractivity contribution in [3.63, 3.8) is 0 Å². The van der Waals surface area contributed by atoms with Gasteiger partial charge in [0.05, 0.1) is 0 Å². The lowest BCUT2D eigenvalue weighted by Gasteiger charge is -2.34. The minimum absolute atomic E-state index is 0.0219. The Balaban J connectivity index is 1.95. The normalized spacial score (nSPS) is 30.8. The summed E-state index contributed by atoms with van der Waals surface area (Å²) in [6.07, 6.45) is 4.39. The summed E-state index contributed by atoms with van der Waals surface area (Å²) in [5.74, 6) is -0.246.